The Morgan fingerprint density at radius 1 is 1.50 bits per heavy atom. The highest BCUT2D eigenvalue weighted by molar-refractivity contribution is 6.06. The van der Waals surface area contributed by atoms with Gasteiger partial charge in [0.1, 0.15) is 12.1 Å². The summed E-state index contributed by atoms with van der Waals surface area (Å²) >= 11 is 0. The van der Waals surface area contributed by atoms with Gasteiger partial charge in [-0.1, -0.05) is 0 Å². The van der Waals surface area contributed by atoms with Crippen molar-refractivity contribution in [2.75, 3.05) is 13.6 Å². The fourth-order valence-electron chi connectivity index (χ4n) is 2.20. The van der Waals surface area contributed by atoms with E-state index >= 15 is 0 Å². The molecule has 18 heavy (non-hydrogen) atoms. The maximum atomic E-state index is 11.9. The van der Waals surface area contributed by atoms with E-state index in [1.807, 2.05) is 0 Å². The zero-order valence-electron chi connectivity index (χ0n) is 10.2. The first-order chi connectivity index (χ1) is 8.52. The molecule has 2 heterocycles. The van der Waals surface area contributed by atoms with E-state index < -0.39 is 12.1 Å². The van der Waals surface area contributed by atoms with Gasteiger partial charge < -0.3 is 15.8 Å². The number of nitrogens with zero attached hydrogens (tertiary/aromatic N) is 1. The maximum absolute atomic E-state index is 11.9. The summed E-state index contributed by atoms with van der Waals surface area (Å²) in [7, 11) is 1.41. The summed E-state index contributed by atoms with van der Waals surface area (Å²) in [6.45, 7) is 0.382. The third-order valence-corrected chi connectivity index (χ3v) is 3.36. The van der Waals surface area contributed by atoms with Gasteiger partial charge in [-0.3, -0.25) is 19.3 Å². The van der Waals surface area contributed by atoms with E-state index in [0.717, 1.165) is 11.3 Å². The molecule has 0 aliphatic carbocycles. The van der Waals surface area contributed by atoms with Gasteiger partial charge in [0.05, 0.1) is 12.5 Å². The van der Waals surface area contributed by atoms with Gasteiger partial charge in [-0.15, -0.1) is 0 Å². The number of carbonyl (C=O) groups excluding carboxylic acids is 3. The van der Waals surface area contributed by atoms with Crippen LogP contribution in [0.15, 0.2) is 0 Å². The van der Waals surface area contributed by atoms with E-state index in [0.29, 0.717) is 13.0 Å². The molecule has 0 aromatic heterocycles. The number of rotatable bonds is 3. The number of hydrogen-bond acceptors (Lipinski definition) is 5. The fraction of sp³-hybridized carbons (Fsp3) is 0.727. The Kier molecular flexibility index (Phi) is 3.63. The number of imide groups is 1. The largest absolute Gasteiger partial charge is 0.364 e. The standard InChI is InChI=1S/C11H17N3O4/c1-14-9(15)4-7(11(14)17)13-10(16)8-3-2-6(5-12)18-8/h6-8H,2-5,12H2,1H3,(H,13,16). The monoisotopic (exact) mass is 255 g/mol. The minimum atomic E-state index is -0.754. The third-order valence-electron chi connectivity index (χ3n) is 3.36. The van der Waals surface area contributed by atoms with Crippen LogP contribution in [-0.2, 0) is 19.1 Å². The molecule has 2 aliphatic rings. The van der Waals surface area contributed by atoms with Gasteiger partial charge in [0.2, 0.25) is 11.8 Å². The smallest absolute Gasteiger partial charge is 0.252 e. The van der Waals surface area contributed by atoms with Crippen molar-refractivity contribution in [2.24, 2.45) is 5.73 Å². The van der Waals surface area contributed by atoms with Crippen LogP contribution in [-0.4, -0.2) is 54.5 Å². The number of nitrogens with two attached hydrogens (primary N) is 1. The number of nitrogens with one attached hydrogen (secondary N) is 1. The first-order valence-electron chi connectivity index (χ1n) is 5.99. The van der Waals surface area contributed by atoms with Gasteiger partial charge in [-0.2, -0.15) is 0 Å². The summed E-state index contributed by atoms with van der Waals surface area (Å²) in [5.41, 5.74) is 5.46. The average molecular weight is 255 g/mol. The Hall–Kier alpha value is -1.47. The Balaban J connectivity index is 1.89. The SMILES string of the molecule is CN1C(=O)CC(NC(=O)C2CCC(CN)O2)C1=O. The Morgan fingerprint density at radius 2 is 2.22 bits per heavy atom. The second kappa shape index (κ2) is 5.03. The van der Waals surface area contributed by atoms with E-state index in [-0.39, 0.29) is 30.2 Å². The van der Waals surface area contributed by atoms with Gasteiger partial charge in [-0.05, 0) is 12.8 Å². The van der Waals surface area contributed by atoms with Crippen LogP contribution in [0, 0.1) is 0 Å². The fourth-order valence-corrected chi connectivity index (χ4v) is 2.20. The zero-order chi connectivity index (χ0) is 13.3. The molecule has 0 radical (unpaired) electrons. The van der Waals surface area contributed by atoms with Crippen molar-refractivity contribution in [1.82, 2.24) is 10.2 Å². The van der Waals surface area contributed by atoms with Crippen LogP contribution in [0.1, 0.15) is 19.3 Å². The predicted molar refractivity (Wildman–Crippen MR) is 61.3 cm³/mol. The van der Waals surface area contributed by atoms with Crippen LogP contribution in [0.25, 0.3) is 0 Å². The first-order valence-corrected chi connectivity index (χ1v) is 5.99. The van der Waals surface area contributed by atoms with Crippen molar-refractivity contribution >= 4 is 17.7 Å². The van der Waals surface area contributed by atoms with Gasteiger partial charge >= 0.3 is 0 Å². The highest BCUT2D eigenvalue weighted by Gasteiger charge is 2.39. The molecule has 100 valence electrons. The normalized spacial score (nSPS) is 32.1. The number of carbonyl (C=O) groups is 3. The van der Waals surface area contributed by atoms with E-state index in [4.69, 9.17) is 10.5 Å². The highest BCUT2D eigenvalue weighted by atomic mass is 16.5. The maximum Gasteiger partial charge on any atom is 0.252 e. The molecule has 3 N–H and O–H groups in total. The van der Waals surface area contributed by atoms with Crippen molar-refractivity contribution in [1.29, 1.82) is 0 Å². The van der Waals surface area contributed by atoms with Gasteiger partial charge in [0.25, 0.3) is 5.91 Å². The van der Waals surface area contributed by atoms with E-state index in [9.17, 15) is 14.4 Å². The molecular weight excluding hydrogens is 238 g/mol. The molecule has 3 amide bonds. The Labute approximate surface area is 105 Å². The predicted octanol–water partition coefficient (Wildman–Crippen LogP) is -1.63. The summed E-state index contributed by atoms with van der Waals surface area (Å²) in [4.78, 5) is 35.8. The summed E-state index contributed by atoms with van der Waals surface area (Å²) in [5.74, 6) is -0.994. The lowest BCUT2D eigenvalue weighted by Gasteiger charge is -2.15. The third kappa shape index (κ3) is 2.37. The van der Waals surface area contributed by atoms with Crippen molar-refractivity contribution in [2.45, 2.75) is 37.5 Å². The van der Waals surface area contributed by atoms with Crippen LogP contribution in [0.5, 0.6) is 0 Å². The molecular formula is C11H17N3O4. The molecule has 2 rings (SSSR count). The lowest BCUT2D eigenvalue weighted by molar-refractivity contribution is -0.139. The molecule has 7 heteroatoms. The second-order valence-electron chi connectivity index (χ2n) is 4.62. The number of ether oxygens (including phenoxy) is 1. The Bertz CT molecular complexity index is 384. The minimum Gasteiger partial charge on any atom is -0.364 e. The molecule has 0 saturated carbocycles. The summed E-state index contributed by atoms with van der Waals surface area (Å²) in [6, 6.07) is -0.754. The molecule has 0 bridgehead atoms. The summed E-state index contributed by atoms with van der Waals surface area (Å²) < 4.78 is 5.42. The number of hydrogen-bond donors (Lipinski definition) is 2. The Morgan fingerprint density at radius 3 is 2.72 bits per heavy atom. The quantitative estimate of drug-likeness (QED) is 0.589. The van der Waals surface area contributed by atoms with E-state index in [1.54, 1.807) is 0 Å². The van der Waals surface area contributed by atoms with Crippen LogP contribution in [0.4, 0.5) is 0 Å². The van der Waals surface area contributed by atoms with Gasteiger partial charge in [0, 0.05) is 13.6 Å². The lowest BCUT2D eigenvalue weighted by Crippen LogP contribution is -2.45. The first kappa shape index (κ1) is 13.0. The van der Waals surface area contributed by atoms with Crippen LogP contribution in [0.2, 0.25) is 0 Å². The van der Waals surface area contributed by atoms with Crippen molar-refractivity contribution in [3.8, 4) is 0 Å². The van der Waals surface area contributed by atoms with Crippen molar-refractivity contribution < 1.29 is 19.1 Å². The van der Waals surface area contributed by atoms with E-state index in [2.05, 4.69) is 5.32 Å². The van der Waals surface area contributed by atoms with Crippen molar-refractivity contribution in [3.63, 3.8) is 0 Å². The lowest BCUT2D eigenvalue weighted by atomic mass is 10.1. The van der Waals surface area contributed by atoms with Gasteiger partial charge in [0.15, 0.2) is 0 Å². The van der Waals surface area contributed by atoms with Crippen LogP contribution in [0.3, 0.4) is 0 Å². The van der Waals surface area contributed by atoms with E-state index in [1.165, 1.54) is 7.05 Å². The topological polar surface area (TPSA) is 102 Å². The summed E-state index contributed by atoms with van der Waals surface area (Å²) in [6.07, 6.45) is 0.704. The molecule has 0 aromatic carbocycles. The van der Waals surface area contributed by atoms with Crippen molar-refractivity contribution in [3.05, 3.63) is 0 Å². The number of likely N-dealkylation sites (N-methyl/N-ethyl adjacent to an activating group) is 1. The molecule has 3 atom stereocenters. The molecule has 0 spiro atoms. The second-order valence-corrected chi connectivity index (χ2v) is 4.62. The van der Waals surface area contributed by atoms with Crippen LogP contribution < -0.4 is 11.1 Å². The van der Waals surface area contributed by atoms with Gasteiger partial charge in [-0.25, -0.2) is 0 Å². The zero-order valence-corrected chi connectivity index (χ0v) is 10.2. The number of amides is 3. The molecule has 2 fully saturated rings. The average Bonchev–Trinajstić information content (AvgIpc) is 2.92. The number of likely N-dealkylation sites (tertiary alicyclic amines) is 1. The summed E-state index contributed by atoms with van der Waals surface area (Å²) in [5, 5.41) is 2.56. The van der Waals surface area contributed by atoms with Crippen LogP contribution >= 0.6 is 0 Å². The molecule has 7 nitrogen and oxygen atoms in total. The molecule has 2 saturated heterocycles. The molecule has 2 aliphatic heterocycles. The highest BCUT2D eigenvalue weighted by Crippen LogP contribution is 2.20. The molecule has 3 unspecified atom stereocenters. The minimum absolute atomic E-state index is 0.0219. The molecule has 0 aromatic rings.